The van der Waals surface area contributed by atoms with Crippen molar-refractivity contribution in [3.05, 3.63) is 99.0 Å². The molecular formula is C24H17N5O2S. The Morgan fingerprint density at radius 1 is 1.06 bits per heavy atom. The van der Waals surface area contributed by atoms with Gasteiger partial charge >= 0.3 is 0 Å². The predicted octanol–water partition coefficient (Wildman–Crippen LogP) is 3.66. The van der Waals surface area contributed by atoms with E-state index in [1.165, 1.54) is 17.6 Å². The lowest BCUT2D eigenvalue weighted by Crippen LogP contribution is -2.33. The predicted molar refractivity (Wildman–Crippen MR) is 124 cm³/mol. The first-order valence-electron chi connectivity index (χ1n) is 9.69. The topological polar surface area (TPSA) is 100 Å². The Hall–Kier alpha value is -4.35. The molecule has 1 N–H and O–H groups in total. The lowest BCUT2D eigenvalue weighted by molar-refractivity contribution is -0.121. The minimum Gasteiger partial charge on any atom is -0.271 e. The molecule has 0 saturated carbocycles. The smallest absolute Gasteiger partial charge is 0.271 e. The fourth-order valence-corrected chi connectivity index (χ4v) is 3.75. The summed E-state index contributed by atoms with van der Waals surface area (Å²) >= 11 is 1.48. The highest BCUT2D eigenvalue weighted by Gasteiger charge is 2.21. The minimum atomic E-state index is -0.636. The molecule has 0 fully saturated rings. The first-order chi connectivity index (χ1) is 15.7. The van der Waals surface area contributed by atoms with Crippen molar-refractivity contribution >= 4 is 23.5 Å². The Morgan fingerprint density at radius 3 is 2.38 bits per heavy atom. The molecule has 0 atom stereocenters. The third kappa shape index (κ3) is 4.53. The van der Waals surface area contributed by atoms with Crippen molar-refractivity contribution in [1.29, 1.82) is 5.26 Å². The molecule has 0 saturated heterocycles. The van der Waals surface area contributed by atoms with E-state index in [2.05, 4.69) is 15.6 Å². The van der Waals surface area contributed by atoms with Crippen molar-refractivity contribution in [2.45, 2.75) is 6.54 Å². The van der Waals surface area contributed by atoms with Gasteiger partial charge in [-0.1, -0.05) is 66.7 Å². The van der Waals surface area contributed by atoms with Gasteiger partial charge < -0.3 is 0 Å². The number of nitrogens with one attached hydrogen (secondary N) is 1. The second-order valence-electron chi connectivity index (χ2n) is 6.71. The van der Waals surface area contributed by atoms with Gasteiger partial charge in [0.2, 0.25) is 0 Å². The number of thiophene rings is 1. The highest BCUT2D eigenvalue weighted by molar-refractivity contribution is 7.11. The summed E-state index contributed by atoms with van der Waals surface area (Å²) in [6, 6.07) is 24.1. The number of carbonyl (C=O) groups excluding carboxylic acids is 1. The molecule has 4 aromatic rings. The van der Waals surface area contributed by atoms with Crippen molar-refractivity contribution in [2.24, 2.45) is 5.10 Å². The van der Waals surface area contributed by atoms with Crippen LogP contribution in [0, 0.1) is 11.3 Å². The van der Waals surface area contributed by atoms with Crippen LogP contribution in [0.5, 0.6) is 0 Å². The summed E-state index contributed by atoms with van der Waals surface area (Å²) in [7, 11) is 0. The van der Waals surface area contributed by atoms with Crippen molar-refractivity contribution < 1.29 is 4.79 Å². The molecule has 2 aromatic carbocycles. The zero-order valence-corrected chi connectivity index (χ0v) is 17.6. The van der Waals surface area contributed by atoms with Crippen LogP contribution in [0.15, 0.2) is 88.1 Å². The van der Waals surface area contributed by atoms with E-state index in [4.69, 9.17) is 0 Å². The molecule has 7 nitrogen and oxygen atoms in total. The van der Waals surface area contributed by atoms with Crippen molar-refractivity contribution in [1.82, 2.24) is 15.2 Å². The van der Waals surface area contributed by atoms with Gasteiger partial charge in [-0.15, -0.1) is 11.3 Å². The Labute approximate surface area is 187 Å². The maximum Gasteiger partial charge on any atom is 0.285 e. The SMILES string of the molecule is N#Cc1c(-c2ccccc2)c(-c2ccccc2)nn(CC(=O)N/N=C/c2cccs2)c1=O. The number of rotatable bonds is 6. The number of aromatic nitrogens is 2. The Kier molecular flexibility index (Phi) is 6.30. The maximum atomic E-state index is 13.0. The highest BCUT2D eigenvalue weighted by Crippen LogP contribution is 2.31. The normalized spacial score (nSPS) is 10.7. The summed E-state index contributed by atoms with van der Waals surface area (Å²) in [5, 5.41) is 20.1. The average molecular weight is 440 g/mol. The monoisotopic (exact) mass is 439 g/mol. The summed E-state index contributed by atoms with van der Waals surface area (Å²) in [6.07, 6.45) is 1.52. The summed E-state index contributed by atoms with van der Waals surface area (Å²) in [6.45, 7) is -0.371. The zero-order chi connectivity index (χ0) is 22.3. The fourth-order valence-electron chi connectivity index (χ4n) is 3.17. The molecule has 8 heteroatoms. The van der Waals surface area contributed by atoms with Gasteiger partial charge in [-0.25, -0.2) is 10.1 Å². The van der Waals surface area contributed by atoms with E-state index in [9.17, 15) is 14.9 Å². The van der Waals surface area contributed by atoms with Crippen LogP contribution < -0.4 is 11.0 Å². The largest absolute Gasteiger partial charge is 0.285 e. The second-order valence-corrected chi connectivity index (χ2v) is 7.69. The first-order valence-corrected chi connectivity index (χ1v) is 10.6. The first kappa shape index (κ1) is 20.9. The van der Waals surface area contributed by atoms with Gasteiger partial charge in [0.15, 0.2) is 0 Å². The number of nitriles is 1. The van der Waals surface area contributed by atoms with E-state index in [0.717, 1.165) is 15.1 Å². The van der Waals surface area contributed by atoms with Crippen molar-refractivity contribution in [3.8, 4) is 28.5 Å². The molecule has 2 aromatic heterocycles. The quantitative estimate of drug-likeness (QED) is 0.366. The molecule has 0 aliphatic carbocycles. The molecular weight excluding hydrogens is 422 g/mol. The van der Waals surface area contributed by atoms with Crippen LogP contribution in [-0.4, -0.2) is 21.9 Å². The van der Waals surface area contributed by atoms with Gasteiger partial charge in [0.1, 0.15) is 23.9 Å². The maximum absolute atomic E-state index is 13.0. The summed E-state index contributed by atoms with van der Waals surface area (Å²) < 4.78 is 1.00. The van der Waals surface area contributed by atoms with Gasteiger partial charge in [0.25, 0.3) is 11.5 Å². The Bertz CT molecular complexity index is 1360. The molecule has 0 unspecified atom stereocenters. The third-order valence-corrected chi connectivity index (χ3v) is 5.40. The second kappa shape index (κ2) is 9.64. The van der Waals surface area contributed by atoms with E-state index in [1.54, 1.807) is 0 Å². The molecule has 2 heterocycles. The van der Waals surface area contributed by atoms with E-state index < -0.39 is 11.5 Å². The number of amides is 1. The standard InChI is InChI=1S/C24H17N5O2S/c25-14-20-22(17-8-3-1-4-9-17)23(18-10-5-2-6-11-18)28-29(24(20)31)16-21(30)27-26-15-19-12-7-13-32-19/h1-13,15H,16H2,(H,27,30)/b26-15+. The number of carbonyl (C=O) groups is 1. The number of nitrogens with zero attached hydrogens (tertiary/aromatic N) is 4. The van der Waals surface area contributed by atoms with Gasteiger partial charge in [-0.3, -0.25) is 9.59 Å². The number of benzene rings is 2. The molecule has 0 aliphatic heterocycles. The summed E-state index contributed by atoms with van der Waals surface area (Å²) in [5.74, 6) is -0.525. The van der Waals surface area contributed by atoms with E-state index in [0.29, 0.717) is 16.8 Å². The van der Waals surface area contributed by atoms with Crippen LogP contribution in [0.2, 0.25) is 0 Å². The average Bonchev–Trinajstić information content (AvgIpc) is 3.34. The summed E-state index contributed by atoms with van der Waals surface area (Å²) in [5.41, 5.74) is 4.01. The van der Waals surface area contributed by atoms with Crippen molar-refractivity contribution in [3.63, 3.8) is 0 Å². The van der Waals surface area contributed by atoms with Gasteiger partial charge in [-0.2, -0.15) is 15.5 Å². The van der Waals surface area contributed by atoms with Gasteiger partial charge in [0.05, 0.1) is 6.21 Å². The van der Waals surface area contributed by atoms with Gasteiger partial charge in [0, 0.05) is 16.0 Å². The fraction of sp³-hybridized carbons (Fsp3) is 0.0417. The Morgan fingerprint density at radius 2 is 1.75 bits per heavy atom. The van der Waals surface area contributed by atoms with Crippen LogP contribution in [0.3, 0.4) is 0 Å². The molecule has 32 heavy (non-hydrogen) atoms. The van der Waals surface area contributed by atoms with Crippen LogP contribution in [-0.2, 0) is 11.3 Å². The van der Waals surface area contributed by atoms with Gasteiger partial charge in [-0.05, 0) is 17.0 Å². The molecule has 0 bridgehead atoms. The van der Waals surface area contributed by atoms with Crippen LogP contribution in [0.1, 0.15) is 10.4 Å². The molecule has 4 rings (SSSR count). The molecule has 1 amide bonds. The molecule has 0 spiro atoms. The van der Waals surface area contributed by atoms with Crippen LogP contribution in [0.25, 0.3) is 22.4 Å². The molecule has 0 aliphatic rings. The molecule has 0 radical (unpaired) electrons. The van der Waals surface area contributed by atoms with Crippen LogP contribution in [0.4, 0.5) is 0 Å². The number of hydrazone groups is 1. The van der Waals surface area contributed by atoms with Crippen molar-refractivity contribution in [2.75, 3.05) is 0 Å². The zero-order valence-electron chi connectivity index (χ0n) is 16.8. The lowest BCUT2D eigenvalue weighted by Gasteiger charge is -2.14. The van der Waals surface area contributed by atoms with E-state index in [1.807, 2.05) is 84.2 Å². The van der Waals surface area contributed by atoms with Crippen LogP contribution >= 0.6 is 11.3 Å². The number of hydrogen-bond donors (Lipinski definition) is 1. The summed E-state index contributed by atoms with van der Waals surface area (Å²) in [4.78, 5) is 26.3. The number of hydrogen-bond acceptors (Lipinski definition) is 6. The van der Waals surface area contributed by atoms with E-state index >= 15 is 0 Å². The highest BCUT2D eigenvalue weighted by atomic mass is 32.1. The lowest BCUT2D eigenvalue weighted by atomic mass is 9.96. The minimum absolute atomic E-state index is 0.0695. The Balaban J connectivity index is 1.75. The third-order valence-electron chi connectivity index (χ3n) is 4.59. The molecule has 156 valence electrons. The van der Waals surface area contributed by atoms with E-state index in [-0.39, 0.29) is 12.1 Å².